The van der Waals surface area contributed by atoms with Crippen LogP contribution >= 0.6 is 12.2 Å². The Morgan fingerprint density at radius 1 is 1.21 bits per heavy atom. The molecule has 0 atom stereocenters. The van der Waals surface area contributed by atoms with E-state index in [2.05, 4.69) is 5.32 Å². The molecule has 2 nitrogen and oxygen atoms in total. The highest BCUT2D eigenvalue weighted by Crippen LogP contribution is 2.26. The minimum Gasteiger partial charge on any atom is -0.389 e. The standard InChI is InChI=1S/C14H12F2N2S/c1-8-3-2-4-11(16)13(8)18-12-6-5-9(15)7-10(12)14(17)19/h2-7,18H,1H3,(H2,17,19). The third-order valence-corrected chi connectivity index (χ3v) is 2.95. The summed E-state index contributed by atoms with van der Waals surface area (Å²) in [4.78, 5) is 0.0518. The van der Waals surface area contributed by atoms with Crippen LogP contribution in [0.25, 0.3) is 0 Å². The van der Waals surface area contributed by atoms with Gasteiger partial charge in [0.15, 0.2) is 0 Å². The molecule has 0 aliphatic carbocycles. The first-order chi connectivity index (χ1) is 8.99. The van der Waals surface area contributed by atoms with E-state index in [-0.39, 0.29) is 4.99 Å². The van der Waals surface area contributed by atoms with Crippen molar-refractivity contribution in [2.45, 2.75) is 6.92 Å². The second kappa shape index (κ2) is 5.32. The highest BCUT2D eigenvalue weighted by Gasteiger charge is 2.11. The molecule has 3 N–H and O–H groups in total. The molecule has 0 spiro atoms. The van der Waals surface area contributed by atoms with E-state index in [4.69, 9.17) is 18.0 Å². The van der Waals surface area contributed by atoms with Crippen LogP contribution in [-0.2, 0) is 0 Å². The Labute approximate surface area is 115 Å². The maximum Gasteiger partial charge on any atom is 0.146 e. The zero-order valence-electron chi connectivity index (χ0n) is 10.2. The number of halogens is 2. The molecule has 0 saturated carbocycles. The van der Waals surface area contributed by atoms with Gasteiger partial charge in [-0.3, -0.25) is 0 Å². The molecule has 5 heteroatoms. The molecule has 2 rings (SSSR count). The van der Waals surface area contributed by atoms with Gasteiger partial charge in [0.2, 0.25) is 0 Å². The summed E-state index contributed by atoms with van der Waals surface area (Å²) in [6, 6.07) is 8.71. The van der Waals surface area contributed by atoms with E-state index in [1.165, 1.54) is 24.3 Å². The molecule has 0 radical (unpaired) electrons. The Morgan fingerprint density at radius 3 is 2.58 bits per heavy atom. The lowest BCUT2D eigenvalue weighted by atomic mass is 10.1. The molecule has 0 aliphatic rings. The van der Waals surface area contributed by atoms with Gasteiger partial charge in [0.25, 0.3) is 0 Å². The molecule has 0 bridgehead atoms. The number of nitrogens with two attached hydrogens (primary N) is 1. The molecule has 0 aliphatic heterocycles. The minimum absolute atomic E-state index is 0.0518. The summed E-state index contributed by atoms with van der Waals surface area (Å²) in [6.45, 7) is 1.77. The second-order valence-corrected chi connectivity index (χ2v) is 4.55. The summed E-state index contributed by atoms with van der Waals surface area (Å²) >= 11 is 4.87. The molecule has 0 aromatic heterocycles. The van der Waals surface area contributed by atoms with Crippen LogP contribution in [0.3, 0.4) is 0 Å². The van der Waals surface area contributed by atoms with Crippen LogP contribution in [-0.4, -0.2) is 4.99 Å². The number of hydrogen-bond acceptors (Lipinski definition) is 2. The van der Waals surface area contributed by atoms with E-state index in [9.17, 15) is 8.78 Å². The van der Waals surface area contributed by atoms with Gasteiger partial charge in [-0.15, -0.1) is 0 Å². The van der Waals surface area contributed by atoms with E-state index in [1.807, 2.05) is 0 Å². The quantitative estimate of drug-likeness (QED) is 0.842. The second-order valence-electron chi connectivity index (χ2n) is 4.11. The number of anilines is 2. The van der Waals surface area contributed by atoms with Gasteiger partial charge in [-0.2, -0.15) is 0 Å². The van der Waals surface area contributed by atoms with Crippen molar-refractivity contribution in [2.24, 2.45) is 5.73 Å². The first-order valence-electron chi connectivity index (χ1n) is 5.60. The molecule has 2 aromatic rings. The van der Waals surface area contributed by atoms with E-state index in [0.29, 0.717) is 16.9 Å². The summed E-state index contributed by atoms with van der Waals surface area (Å²) in [7, 11) is 0. The fraction of sp³-hybridized carbons (Fsp3) is 0.0714. The van der Waals surface area contributed by atoms with Crippen molar-refractivity contribution in [3.8, 4) is 0 Å². The lowest BCUT2D eigenvalue weighted by molar-refractivity contribution is 0.627. The lowest BCUT2D eigenvalue weighted by Gasteiger charge is -2.14. The summed E-state index contributed by atoms with van der Waals surface area (Å²) in [6.07, 6.45) is 0. The van der Waals surface area contributed by atoms with Gasteiger partial charge in [0.1, 0.15) is 16.6 Å². The number of nitrogens with one attached hydrogen (secondary N) is 1. The third kappa shape index (κ3) is 2.88. The van der Waals surface area contributed by atoms with Crippen molar-refractivity contribution < 1.29 is 8.78 Å². The zero-order valence-corrected chi connectivity index (χ0v) is 11.0. The topological polar surface area (TPSA) is 38.0 Å². The number of hydrogen-bond donors (Lipinski definition) is 2. The highest BCUT2D eigenvalue weighted by atomic mass is 32.1. The first kappa shape index (κ1) is 13.4. The molecular weight excluding hydrogens is 266 g/mol. The fourth-order valence-corrected chi connectivity index (χ4v) is 1.92. The molecule has 2 aromatic carbocycles. The van der Waals surface area contributed by atoms with Gasteiger partial charge in [-0.25, -0.2) is 8.78 Å². The molecule has 0 amide bonds. The zero-order chi connectivity index (χ0) is 14.0. The Morgan fingerprint density at radius 2 is 1.95 bits per heavy atom. The van der Waals surface area contributed by atoms with Crippen LogP contribution < -0.4 is 11.1 Å². The number of thiocarbonyl (C=S) groups is 1. The van der Waals surface area contributed by atoms with Gasteiger partial charge < -0.3 is 11.1 Å². The van der Waals surface area contributed by atoms with Crippen LogP contribution in [0.2, 0.25) is 0 Å². The van der Waals surface area contributed by atoms with Crippen molar-refractivity contribution in [2.75, 3.05) is 5.32 Å². The number of benzene rings is 2. The SMILES string of the molecule is Cc1cccc(F)c1Nc1ccc(F)cc1C(N)=S. The predicted molar refractivity (Wildman–Crippen MR) is 76.7 cm³/mol. The molecule has 0 heterocycles. The maximum atomic E-state index is 13.7. The first-order valence-corrected chi connectivity index (χ1v) is 6.01. The summed E-state index contributed by atoms with van der Waals surface area (Å²) in [5.74, 6) is -0.836. The van der Waals surface area contributed by atoms with Gasteiger partial charge in [0, 0.05) is 11.3 Å². The van der Waals surface area contributed by atoms with Crippen LogP contribution in [0.15, 0.2) is 36.4 Å². The van der Waals surface area contributed by atoms with Gasteiger partial charge >= 0.3 is 0 Å². The minimum atomic E-state index is -0.446. The van der Waals surface area contributed by atoms with Gasteiger partial charge in [-0.1, -0.05) is 24.4 Å². The van der Waals surface area contributed by atoms with Crippen LogP contribution in [0.1, 0.15) is 11.1 Å². The Hall–Kier alpha value is -2.01. The Kier molecular flexibility index (Phi) is 3.76. The molecular formula is C14H12F2N2S. The fourth-order valence-electron chi connectivity index (χ4n) is 1.75. The Balaban J connectivity index is 2.47. The van der Waals surface area contributed by atoms with Crippen molar-refractivity contribution in [1.82, 2.24) is 0 Å². The molecule has 0 saturated heterocycles. The largest absolute Gasteiger partial charge is 0.389 e. The number of para-hydroxylation sites is 1. The van der Waals surface area contributed by atoms with Crippen LogP contribution in [0.4, 0.5) is 20.2 Å². The van der Waals surface area contributed by atoms with Gasteiger partial charge in [-0.05, 0) is 36.8 Å². The Bertz CT molecular complexity index is 621. The third-order valence-electron chi connectivity index (χ3n) is 2.73. The lowest BCUT2D eigenvalue weighted by Crippen LogP contribution is -2.12. The van der Waals surface area contributed by atoms with Crippen LogP contribution in [0.5, 0.6) is 0 Å². The molecule has 19 heavy (non-hydrogen) atoms. The van der Waals surface area contributed by atoms with Gasteiger partial charge in [0.05, 0.1) is 5.69 Å². The smallest absolute Gasteiger partial charge is 0.146 e. The molecule has 0 unspecified atom stereocenters. The summed E-state index contributed by atoms with van der Waals surface area (Å²) < 4.78 is 26.9. The van der Waals surface area contributed by atoms with Crippen molar-refractivity contribution in [3.05, 3.63) is 59.2 Å². The normalized spacial score (nSPS) is 10.3. The predicted octanol–water partition coefficient (Wildman–Crippen LogP) is 3.65. The average molecular weight is 278 g/mol. The maximum absolute atomic E-state index is 13.7. The summed E-state index contributed by atoms with van der Waals surface area (Å²) in [5.41, 5.74) is 7.42. The summed E-state index contributed by atoms with van der Waals surface area (Å²) in [5, 5.41) is 2.91. The average Bonchev–Trinajstić information content (AvgIpc) is 2.35. The van der Waals surface area contributed by atoms with E-state index in [1.54, 1.807) is 19.1 Å². The number of rotatable bonds is 3. The number of aryl methyl sites for hydroxylation is 1. The molecule has 98 valence electrons. The van der Waals surface area contributed by atoms with E-state index in [0.717, 1.165) is 5.56 Å². The van der Waals surface area contributed by atoms with Crippen molar-refractivity contribution in [1.29, 1.82) is 0 Å². The van der Waals surface area contributed by atoms with E-state index >= 15 is 0 Å². The highest BCUT2D eigenvalue weighted by molar-refractivity contribution is 7.80. The van der Waals surface area contributed by atoms with E-state index < -0.39 is 11.6 Å². The van der Waals surface area contributed by atoms with Crippen molar-refractivity contribution >= 4 is 28.6 Å². The van der Waals surface area contributed by atoms with Crippen molar-refractivity contribution in [3.63, 3.8) is 0 Å². The monoisotopic (exact) mass is 278 g/mol. The van der Waals surface area contributed by atoms with Crippen LogP contribution in [0, 0.1) is 18.6 Å². The molecule has 0 fully saturated rings.